The van der Waals surface area contributed by atoms with Crippen molar-refractivity contribution in [3.63, 3.8) is 0 Å². The van der Waals surface area contributed by atoms with Crippen molar-refractivity contribution in [1.29, 1.82) is 0 Å². The highest BCUT2D eigenvalue weighted by Gasteiger charge is 2.21. The maximum Gasteiger partial charge on any atom is 0.354 e. The minimum absolute atomic E-state index is 0.130. The third kappa shape index (κ3) is 3.29. The summed E-state index contributed by atoms with van der Waals surface area (Å²) in [5.41, 5.74) is 1.16. The Kier molecular flexibility index (Phi) is 3.97. The van der Waals surface area contributed by atoms with E-state index in [9.17, 15) is 4.79 Å². The van der Waals surface area contributed by atoms with Gasteiger partial charge in [-0.1, -0.05) is 13.8 Å². The molecule has 1 N–H and O–H groups in total. The lowest BCUT2D eigenvalue weighted by atomic mass is 9.91. The summed E-state index contributed by atoms with van der Waals surface area (Å²) in [6.45, 7) is 7.55. The first-order valence-corrected chi connectivity index (χ1v) is 6.45. The van der Waals surface area contributed by atoms with Crippen molar-refractivity contribution >= 4 is 5.97 Å². The van der Waals surface area contributed by atoms with Crippen LogP contribution in [0.5, 0.6) is 0 Å². The predicted octanol–water partition coefficient (Wildman–Crippen LogP) is 2.26. The zero-order chi connectivity index (χ0) is 13.1. The van der Waals surface area contributed by atoms with Gasteiger partial charge in [0.1, 0.15) is 5.69 Å². The van der Waals surface area contributed by atoms with Crippen LogP contribution in [0.4, 0.5) is 0 Å². The second-order valence-corrected chi connectivity index (χ2v) is 5.49. The van der Waals surface area contributed by atoms with Crippen molar-refractivity contribution in [2.75, 3.05) is 13.1 Å². The molecule has 0 aromatic carbocycles. The lowest BCUT2D eigenvalue weighted by molar-refractivity contribution is 0.0690. The molecule has 1 saturated heterocycles. The van der Waals surface area contributed by atoms with Crippen LogP contribution in [0.25, 0.3) is 0 Å². The average molecular weight is 248 g/mol. The summed E-state index contributed by atoms with van der Waals surface area (Å²) < 4.78 is 0. The maximum atomic E-state index is 10.9. The quantitative estimate of drug-likeness (QED) is 0.891. The molecule has 4 nitrogen and oxygen atoms in total. The number of hydrogen-bond acceptors (Lipinski definition) is 3. The zero-order valence-electron chi connectivity index (χ0n) is 11.0. The van der Waals surface area contributed by atoms with Gasteiger partial charge in [0, 0.05) is 25.8 Å². The number of nitrogens with zero attached hydrogens (tertiary/aromatic N) is 2. The van der Waals surface area contributed by atoms with Crippen LogP contribution >= 0.6 is 0 Å². The smallest absolute Gasteiger partial charge is 0.354 e. The molecule has 1 fully saturated rings. The van der Waals surface area contributed by atoms with Crippen LogP contribution in [0.15, 0.2) is 18.3 Å². The van der Waals surface area contributed by atoms with Crippen LogP contribution in [0.3, 0.4) is 0 Å². The number of carbonyl (C=O) groups is 1. The molecule has 1 aliphatic heterocycles. The molecule has 2 heterocycles. The molecular weight excluding hydrogens is 228 g/mol. The fraction of sp³-hybridized carbons (Fsp3) is 0.571. The SMILES string of the molecule is CC1CC(C)CN(Cc2ccnc(C(=O)O)c2)C1. The van der Waals surface area contributed by atoms with Gasteiger partial charge in [-0.2, -0.15) is 0 Å². The van der Waals surface area contributed by atoms with E-state index in [1.54, 1.807) is 12.3 Å². The Balaban J connectivity index is 2.04. The summed E-state index contributed by atoms with van der Waals surface area (Å²) >= 11 is 0. The largest absolute Gasteiger partial charge is 0.477 e. The number of aromatic nitrogens is 1. The van der Waals surface area contributed by atoms with Crippen LogP contribution in [-0.4, -0.2) is 34.0 Å². The summed E-state index contributed by atoms with van der Waals surface area (Å²) in [7, 11) is 0. The van der Waals surface area contributed by atoms with Crippen LogP contribution in [0.1, 0.15) is 36.3 Å². The zero-order valence-corrected chi connectivity index (χ0v) is 11.0. The first-order chi connectivity index (χ1) is 8.54. The third-order valence-corrected chi connectivity index (χ3v) is 3.39. The number of aromatic carboxylic acids is 1. The highest BCUT2D eigenvalue weighted by atomic mass is 16.4. The molecule has 1 aromatic heterocycles. The second kappa shape index (κ2) is 5.48. The molecule has 2 unspecified atom stereocenters. The molecular formula is C14H20N2O2. The van der Waals surface area contributed by atoms with Gasteiger partial charge in [0.05, 0.1) is 0 Å². The van der Waals surface area contributed by atoms with E-state index in [1.807, 2.05) is 6.07 Å². The van der Waals surface area contributed by atoms with Crippen molar-refractivity contribution in [2.24, 2.45) is 11.8 Å². The Morgan fingerprint density at radius 3 is 2.72 bits per heavy atom. The Hall–Kier alpha value is -1.42. The molecule has 0 aliphatic carbocycles. The van der Waals surface area contributed by atoms with Crippen LogP contribution in [-0.2, 0) is 6.54 Å². The highest BCUT2D eigenvalue weighted by molar-refractivity contribution is 5.85. The monoisotopic (exact) mass is 248 g/mol. The fourth-order valence-corrected chi connectivity index (χ4v) is 2.87. The van der Waals surface area contributed by atoms with E-state index in [-0.39, 0.29) is 5.69 Å². The Morgan fingerprint density at radius 1 is 1.44 bits per heavy atom. The summed E-state index contributed by atoms with van der Waals surface area (Å²) in [6.07, 6.45) is 2.86. The van der Waals surface area contributed by atoms with E-state index in [4.69, 9.17) is 5.11 Å². The van der Waals surface area contributed by atoms with Gasteiger partial charge in [-0.15, -0.1) is 0 Å². The summed E-state index contributed by atoms with van der Waals surface area (Å²) in [6, 6.07) is 3.57. The third-order valence-electron chi connectivity index (χ3n) is 3.39. The van der Waals surface area contributed by atoms with Gasteiger partial charge < -0.3 is 5.11 Å². The number of rotatable bonds is 3. The van der Waals surface area contributed by atoms with E-state index in [0.717, 1.165) is 37.0 Å². The maximum absolute atomic E-state index is 10.9. The minimum atomic E-state index is -0.961. The lowest BCUT2D eigenvalue weighted by Crippen LogP contribution is -2.38. The number of carboxylic acid groups (broad SMARTS) is 1. The van der Waals surface area contributed by atoms with Crippen LogP contribution < -0.4 is 0 Å². The van der Waals surface area contributed by atoms with Gasteiger partial charge >= 0.3 is 5.97 Å². The van der Waals surface area contributed by atoms with E-state index >= 15 is 0 Å². The fourth-order valence-electron chi connectivity index (χ4n) is 2.87. The highest BCUT2D eigenvalue weighted by Crippen LogP contribution is 2.22. The number of carboxylic acids is 1. The molecule has 0 radical (unpaired) electrons. The Morgan fingerprint density at radius 2 is 2.11 bits per heavy atom. The molecule has 18 heavy (non-hydrogen) atoms. The van der Waals surface area contributed by atoms with Crippen LogP contribution in [0.2, 0.25) is 0 Å². The van der Waals surface area contributed by atoms with Crippen molar-refractivity contribution in [1.82, 2.24) is 9.88 Å². The molecule has 4 heteroatoms. The first kappa shape index (κ1) is 13.0. The molecule has 0 saturated carbocycles. The Bertz CT molecular complexity index is 424. The first-order valence-electron chi connectivity index (χ1n) is 6.45. The van der Waals surface area contributed by atoms with E-state index in [1.165, 1.54) is 6.42 Å². The summed E-state index contributed by atoms with van der Waals surface area (Å²) in [5, 5.41) is 8.92. The molecule has 1 aliphatic rings. The number of pyridine rings is 1. The molecule has 0 spiro atoms. The predicted molar refractivity (Wildman–Crippen MR) is 69.4 cm³/mol. The lowest BCUT2D eigenvalue weighted by Gasteiger charge is -2.34. The molecule has 0 amide bonds. The van der Waals surface area contributed by atoms with Gasteiger partial charge in [-0.3, -0.25) is 4.90 Å². The van der Waals surface area contributed by atoms with Crippen molar-refractivity contribution in [2.45, 2.75) is 26.8 Å². The van der Waals surface area contributed by atoms with Crippen molar-refractivity contribution < 1.29 is 9.90 Å². The van der Waals surface area contributed by atoms with Gasteiger partial charge in [0.15, 0.2) is 0 Å². The van der Waals surface area contributed by atoms with Crippen molar-refractivity contribution in [3.05, 3.63) is 29.6 Å². The van der Waals surface area contributed by atoms with Crippen molar-refractivity contribution in [3.8, 4) is 0 Å². The number of piperidine rings is 1. The van der Waals surface area contributed by atoms with E-state index < -0.39 is 5.97 Å². The summed E-state index contributed by atoms with van der Waals surface area (Å²) in [5.74, 6) is 0.473. The van der Waals surface area contributed by atoms with Gasteiger partial charge in [0.25, 0.3) is 0 Å². The standard InChI is InChI=1S/C14H20N2O2/c1-10-5-11(2)8-16(7-10)9-12-3-4-15-13(6-12)14(17)18/h3-4,6,10-11H,5,7-9H2,1-2H3,(H,17,18). The van der Waals surface area contributed by atoms with Gasteiger partial charge in [-0.05, 0) is 36.0 Å². The molecule has 1 aromatic rings. The molecule has 98 valence electrons. The summed E-state index contributed by atoms with van der Waals surface area (Å²) in [4.78, 5) is 17.1. The molecule has 2 atom stereocenters. The van der Waals surface area contributed by atoms with E-state index in [0.29, 0.717) is 0 Å². The van der Waals surface area contributed by atoms with E-state index in [2.05, 4.69) is 23.7 Å². The minimum Gasteiger partial charge on any atom is -0.477 e. The normalized spacial score (nSPS) is 25.0. The molecule has 0 bridgehead atoms. The second-order valence-electron chi connectivity index (χ2n) is 5.49. The number of likely N-dealkylation sites (tertiary alicyclic amines) is 1. The average Bonchev–Trinajstić information content (AvgIpc) is 2.27. The van der Waals surface area contributed by atoms with Crippen LogP contribution in [0, 0.1) is 11.8 Å². The number of hydrogen-bond donors (Lipinski definition) is 1. The Labute approximate surface area is 108 Å². The van der Waals surface area contributed by atoms with Gasteiger partial charge in [-0.25, -0.2) is 9.78 Å². The molecule has 2 rings (SSSR count). The topological polar surface area (TPSA) is 53.4 Å². The van der Waals surface area contributed by atoms with Gasteiger partial charge in [0.2, 0.25) is 0 Å².